The lowest BCUT2D eigenvalue weighted by Crippen LogP contribution is -2.20. The number of carbonyl (C=O) groups is 1. The lowest BCUT2D eigenvalue weighted by molar-refractivity contribution is 0.261. The summed E-state index contributed by atoms with van der Waals surface area (Å²) in [4.78, 5) is 15.1. The molecule has 0 atom stereocenters. The molecule has 1 aliphatic rings. The van der Waals surface area contributed by atoms with Gasteiger partial charge in [-0.2, -0.15) is 0 Å². The Morgan fingerprint density at radius 3 is 2.26 bits per heavy atom. The molecule has 3 rings (SSSR count). The van der Waals surface area contributed by atoms with Crippen molar-refractivity contribution < 1.29 is 9.53 Å². The molecule has 39 heavy (non-hydrogen) atoms. The van der Waals surface area contributed by atoms with Crippen LogP contribution in [0.15, 0.2) is 53.6 Å². The first kappa shape index (κ1) is 31.2. The van der Waals surface area contributed by atoms with E-state index in [0.29, 0.717) is 23.1 Å². The number of carbonyl (C=O) groups excluding carboxylic acids is 1. The quantitative estimate of drug-likeness (QED) is 0.175. The molecule has 0 saturated heterocycles. The molecule has 1 aliphatic heterocycles. The van der Waals surface area contributed by atoms with Crippen LogP contribution >= 0.6 is 23.4 Å². The first-order valence-electron chi connectivity index (χ1n) is 14.7. The molecule has 214 valence electrons. The molecule has 0 aliphatic carbocycles. The lowest BCUT2D eigenvalue weighted by atomic mass is 10.1. The molecule has 2 aromatic rings. The lowest BCUT2D eigenvalue weighted by Gasteiger charge is -2.19. The summed E-state index contributed by atoms with van der Waals surface area (Å²) in [6.07, 6.45) is 15.6. The average Bonchev–Trinajstić information content (AvgIpc) is 3.32. The number of ether oxygens (including phenoxy) is 1. The van der Waals surface area contributed by atoms with Crippen molar-refractivity contribution in [2.75, 3.05) is 23.1 Å². The number of hydrogen-bond donors (Lipinski definition) is 2. The van der Waals surface area contributed by atoms with E-state index in [-0.39, 0.29) is 6.03 Å². The van der Waals surface area contributed by atoms with Gasteiger partial charge in [0.1, 0.15) is 0 Å². The Kier molecular flexibility index (Phi) is 14.5. The Bertz CT molecular complexity index is 1050. The van der Waals surface area contributed by atoms with E-state index in [4.69, 9.17) is 16.3 Å². The van der Waals surface area contributed by atoms with Gasteiger partial charge >= 0.3 is 6.03 Å². The van der Waals surface area contributed by atoms with Gasteiger partial charge in [-0.25, -0.2) is 4.79 Å². The summed E-state index contributed by atoms with van der Waals surface area (Å²) in [6.45, 7) is 5.79. The van der Waals surface area contributed by atoms with E-state index in [1.807, 2.05) is 30.3 Å². The smallest absolute Gasteiger partial charge is 0.323 e. The van der Waals surface area contributed by atoms with Crippen LogP contribution in [-0.2, 0) is 6.54 Å². The zero-order chi connectivity index (χ0) is 27.7. The third-order valence-corrected chi connectivity index (χ3v) is 8.27. The van der Waals surface area contributed by atoms with E-state index in [9.17, 15) is 4.79 Å². The van der Waals surface area contributed by atoms with Gasteiger partial charge in [-0.1, -0.05) is 107 Å². The minimum absolute atomic E-state index is 0.322. The molecule has 1 heterocycles. The number of benzene rings is 2. The van der Waals surface area contributed by atoms with Gasteiger partial charge in [-0.05, 0) is 48.6 Å². The number of para-hydroxylation sites is 1. The maximum absolute atomic E-state index is 12.8. The number of rotatable bonds is 18. The van der Waals surface area contributed by atoms with E-state index in [1.165, 1.54) is 69.9 Å². The topological polar surface area (TPSA) is 53.6 Å². The molecule has 0 spiro atoms. The normalized spacial score (nSPS) is 12.9. The molecule has 2 N–H and O–H groups in total. The number of amides is 2. The zero-order valence-electron chi connectivity index (χ0n) is 23.8. The standard InChI is InChI=1S/C32H46ClN3O2S/c1-3-4-5-6-7-8-9-10-11-12-13-14-21-38-31-29(33)19-16-20-30(31)35-32(37)34-28-18-15-17-27(22-28)23-36-25-39-24-26(36)2/h15-20,22,24H,3-14,21,23,25H2,1-2H3,(H2,34,35,37). The van der Waals surface area contributed by atoms with Gasteiger partial charge in [0.05, 0.1) is 23.2 Å². The fourth-order valence-electron chi connectivity index (χ4n) is 4.72. The van der Waals surface area contributed by atoms with Crippen molar-refractivity contribution in [1.82, 2.24) is 4.90 Å². The monoisotopic (exact) mass is 571 g/mol. The summed E-state index contributed by atoms with van der Waals surface area (Å²) in [5, 5.41) is 8.54. The average molecular weight is 572 g/mol. The molecule has 0 radical (unpaired) electrons. The number of anilines is 2. The molecule has 7 heteroatoms. The van der Waals surface area contributed by atoms with Crippen LogP contribution in [0.25, 0.3) is 0 Å². The van der Waals surface area contributed by atoms with E-state index in [2.05, 4.69) is 40.9 Å². The molecular formula is C32H46ClN3O2S. The first-order valence-corrected chi connectivity index (χ1v) is 16.1. The number of halogens is 1. The van der Waals surface area contributed by atoms with Gasteiger partial charge in [0.15, 0.2) is 5.75 Å². The Labute approximate surface area is 245 Å². The highest BCUT2D eigenvalue weighted by Gasteiger charge is 2.14. The van der Waals surface area contributed by atoms with E-state index >= 15 is 0 Å². The third-order valence-electron chi connectivity index (χ3n) is 7.00. The fourth-order valence-corrected chi connectivity index (χ4v) is 5.89. The molecule has 0 bridgehead atoms. The Morgan fingerprint density at radius 1 is 0.923 bits per heavy atom. The minimum Gasteiger partial charge on any atom is -0.490 e. The molecule has 0 saturated carbocycles. The van der Waals surface area contributed by atoms with Gasteiger partial charge in [-0.3, -0.25) is 0 Å². The van der Waals surface area contributed by atoms with Gasteiger partial charge in [0, 0.05) is 17.9 Å². The second-order valence-corrected chi connectivity index (χ2v) is 11.6. The van der Waals surface area contributed by atoms with Gasteiger partial charge in [-0.15, -0.1) is 11.8 Å². The Hall–Kier alpha value is -2.31. The summed E-state index contributed by atoms with van der Waals surface area (Å²) in [5.41, 5.74) is 3.75. The molecule has 5 nitrogen and oxygen atoms in total. The molecule has 0 fully saturated rings. The predicted octanol–water partition coefficient (Wildman–Crippen LogP) is 10.4. The second-order valence-electron chi connectivity index (χ2n) is 10.4. The molecular weight excluding hydrogens is 526 g/mol. The van der Waals surface area contributed by atoms with Crippen LogP contribution in [0.2, 0.25) is 5.02 Å². The van der Waals surface area contributed by atoms with Crippen LogP contribution in [-0.4, -0.2) is 23.4 Å². The van der Waals surface area contributed by atoms with Crippen molar-refractivity contribution in [2.24, 2.45) is 0 Å². The summed E-state index contributed by atoms with van der Waals surface area (Å²) < 4.78 is 6.03. The van der Waals surface area contributed by atoms with Crippen LogP contribution in [0.4, 0.5) is 16.2 Å². The van der Waals surface area contributed by atoms with Crippen molar-refractivity contribution in [3.63, 3.8) is 0 Å². The van der Waals surface area contributed by atoms with Crippen molar-refractivity contribution in [3.05, 3.63) is 64.2 Å². The van der Waals surface area contributed by atoms with Crippen LogP contribution in [0.5, 0.6) is 5.75 Å². The third kappa shape index (κ3) is 11.8. The summed E-state index contributed by atoms with van der Waals surface area (Å²) in [6, 6.07) is 13.1. The highest BCUT2D eigenvalue weighted by atomic mass is 35.5. The van der Waals surface area contributed by atoms with Crippen molar-refractivity contribution >= 4 is 40.8 Å². The first-order chi connectivity index (χ1) is 19.1. The Morgan fingerprint density at radius 2 is 1.59 bits per heavy atom. The number of unbranched alkanes of at least 4 members (excludes halogenated alkanes) is 11. The largest absolute Gasteiger partial charge is 0.490 e. The van der Waals surface area contributed by atoms with Gasteiger partial charge < -0.3 is 20.3 Å². The molecule has 0 unspecified atom stereocenters. The SMILES string of the molecule is CCCCCCCCCCCCCCOc1c(Cl)cccc1NC(=O)Nc1cccc(CN2CSC=C2C)c1. The van der Waals surface area contributed by atoms with E-state index in [0.717, 1.165) is 36.5 Å². The number of thioether (sulfide) groups is 1. The number of nitrogens with one attached hydrogen (secondary N) is 2. The highest BCUT2D eigenvalue weighted by molar-refractivity contribution is 8.02. The molecule has 2 amide bonds. The van der Waals surface area contributed by atoms with E-state index in [1.54, 1.807) is 17.8 Å². The van der Waals surface area contributed by atoms with Crippen molar-refractivity contribution in [1.29, 1.82) is 0 Å². The zero-order valence-corrected chi connectivity index (χ0v) is 25.3. The second kappa shape index (κ2) is 18.1. The summed E-state index contributed by atoms with van der Waals surface area (Å²) >= 11 is 8.23. The maximum Gasteiger partial charge on any atom is 0.323 e. The Balaban J connectivity index is 1.36. The summed E-state index contributed by atoms with van der Waals surface area (Å²) in [5.74, 6) is 1.49. The van der Waals surface area contributed by atoms with E-state index < -0.39 is 0 Å². The van der Waals surface area contributed by atoms with Crippen LogP contribution in [0, 0.1) is 0 Å². The van der Waals surface area contributed by atoms with Crippen LogP contribution in [0.3, 0.4) is 0 Å². The number of urea groups is 1. The fraction of sp³-hybridized carbons (Fsp3) is 0.531. The highest BCUT2D eigenvalue weighted by Crippen LogP contribution is 2.33. The summed E-state index contributed by atoms with van der Waals surface area (Å²) in [7, 11) is 0. The van der Waals surface area contributed by atoms with Gasteiger partial charge in [0.2, 0.25) is 0 Å². The number of allylic oxidation sites excluding steroid dienone is 1. The number of nitrogens with zero attached hydrogens (tertiary/aromatic N) is 1. The molecule has 0 aromatic heterocycles. The predicted molar refractivity (Wildman–Crippen MR) is 169 cm³/mol. The van der Waals surface area contributed by atoms with Crippen molar-refractivity contribution in [2.45, 2.75) is 97.4 Å². The van der Waals surface area contributed by atoms with Crippen LogP contribution < -0.4 is 15.4 Å². The van der Waals surface area contributed by atoms with Crippen LogP contribution in [0.1, 0.15) is 96.5 Å². The molecule has 2 aromatic carbocycles. The van der Waals surface area contributed by atoms with Gasteiger partial charge in [0.25, 0.3) is 0 Å². The number of hydrogen-bond acceptors (Lipinski definition) is 4. The minimum atomic E-state index is -0.322. The maximum atomic E-state index is 12.8. The van der Waals surface area contributed by atoms with Crippen molar-refractivity contribution in [3.8, 4) is 5.75 Å².